The topological polar surface area (TPSA) is 35.6 Å². The molecule has 0 bridgehead atoms. The van der Waals surface area contributed by atoms with Crippen LogP contribution in [0.1, 0.15) is 22.8 Å². The molecule has 0 spiro atoms. The van der Waals surface area contributed by atoms with Gasteiger partial charge in [-0.15, -0.1) is 0 Å². The van der Waals surface area contributed by atoms with E-state index < -0.39 is 7.55 Å². The van der Waals surface area contributed by atoms with Gasteiger partial charge in [0.2, 0.25) is 0 Å². The molecule has 0 aromatic carbocycles. The van der Waals surface area contributed by atoms with Crippen molar-refractivity contribution in [2.75, 3.05) is 0 Å². The Morgan fingerprint density at radius 1 is 0.875 bits per heavy atom. The monoisotopic (exact) mass is 242 g/mol. The second-order valence-electron chi connectivity index (χ2n) is 4.30. The quantitative estimate of drug-likeness (QED) is 0.556. The molecule has 80 valence electrons. The zero-order valence-corrected chi connectivity index (χ0v) is 14.1. The van der Waals surface area contributed by atoms with Gasteiger partial charge >= 0.3 is 51.4 Å². The third-order valence-corrected chi connectivity index (χ3v) is 2.85. The van der Waals surface area contributed by atoms with E-state index in [4.69, 9.17) is 0 Å². The second kappa shape index (κ2) is 5.64. The van der Waals surface area contributed by atoms with Crippen LogP contribution in [0.5, 0.6) is 0 Å². The van der Waals surface area contributed by atoms with Crippen LogP contribution in [0, 0.1) is 27.7 Å². The Hall–Kier alpha value is 0.121. The summed E-state index contributed by atoms with van der Waals surface area (Å²) in [6, 6.07) is 4.21. The van der Waals surface area contributed by atoms with Gasteiger partial charge in [0.15, 0.2) is 7.55 Å². The van der Waals surface area contributed by atoms with E-state index in [0.717, 1.165) is 11.4 Å². The molecule has 4 nitrogen and oxygen atoms in total. The maximum absolute atomic E-state index is 4.47. The normalized spacial score (nSPS) is 10.2. The van der Waals surface area contributed by atoms with Gasteiger partial charge in [-0.1, -0.05) is 0 Å². The third-order valence-electron chi connectivity index (χ3n) is 2.85. The van der Waals surface area contributed by atoms with Crippen molar-refractivity contribution >= 4 is 7.55 Å². The van der Waals surface area contributed by atoms with Gasteiger partial charge in [-0.25, -0.2) is 10.2 Å². The molecule has 2 heterocycles. The third kappa shape index (κ3) is 3.07. The summed E-state index contributed by atoms with van der Waals surface area (Å²) in [5, 5.41) is 8.93. The number of aromatic nitrogens is 4. The molecule has 0 fully saturated rings. The zero-order valence-electron chi connectivity index (χ0n) is 10.9. The maximum Gasteiger partial charge on any atom is 1.00 e. The van der Waals surface area contributed by atoms with Gasteiger partial charge in [-0.2, -0.15) is 0 Å². The minimum atomic E-state index is -0.506. The van der Waals surface area contributed by atoms with E-state index in [1.165, 1.54) is 11.4 Å². The van der Waals surface area contributed by atoms with Gasteiger partial charge in [-0.3, -0.25) is 0 Å². The Bertz CT molecular complexity index is 445. The Morgan fingerprint density at radius 2 is 1.25 bits per heavy atom. The predicted molar refractivity (Wildman–Crippen MR) is 62.7 cm³/mol. The largest absolute Gasteiger partial charge is 1.00 e. The average molecular weight is 242 g/mol. The molecule has 0 saturated carbocycles. The SMILES string of the molecule is Cc1cc(C)n([BH2-]n2nc(C)cc2C)n1.[K+]. The number of hydrogen-bond acceptors (Lipinski definition) is 2. The van der Waals surface area contributed by atoms with E-state index in [2.05, 4.69) is 45.4 Å². The Morgan fingerprint density at radius 3 is 1.50 bits per heavy atom. The molecular weight excluding hydrogens is 226 g/mol. The minimum absolute atomic E-state index is 0. The molecular formula is C10H16BKN4. The molecule has 2 aromatic heterocycles. The van der Waals surface area contributed by atoms with Crippen molar-refractivity contribution in [2.24, 2.45) is 0 Å². The van der Waals surface area contributed by atoms with E-state index in [1.807, 2.05) is 13.8 Å². The van der Waals surface area contributed by atoms with Crippen molar-refractivity contribution in [3.8, 4) is 0 Å². The summed E-state index contributed by atoms with van der Waals surface area (Å²) in [5.41, 5.74) is 4.61. The van der Waals surface area contributed by atoms with E-state index in [0.29, 0.717) is 0 Å². The molecule has 16 heavy (non-hydrogen) atoms. The standard InChI is InChI=1S/C10H16BN4.K/c1-7-5-9(3)14(12-7)11-15-10(4)6-8(2)13-15;/h5-6H,11H2,1-4H3;/q-1;+1. The van der Waals surface area contributed by atoms with E-state index >= 15 is 0 Å². The van der Waals surface area contributed by atoms with Gasteiger partial charge in [0.1, 0.15) is 0 Å². The molecule has 2 rings (SSSR count). The average Bonchev–Trinajstić information content (AvgIpc) is 2.58. The van der Waals surface area contributed by atoms with Gasteiger partial charge in [0.05, 0.1) is 11.4 Å². The summed E-state index contributed by atoms with van der Waals surface area (Å²) in [6.45, 7) is 8.23. The summed E-state index contributed by atoms with van der Waals surface area (Å²) in [7, 11) is -0.506. The number of nitrogens with zero attached hydrogens (tertiary/aromatic N) is 4. The Labute approximate surface area is 139 Å². The van der Waals surface area contributed by atoms with E-state index in [-0.39, 0.29) is 51.4 Å². The summed E-state index contributed by atoms with van der Waals surface area (Å²) in [5.74, 6) is 0. The molecule has 0 aliphatic carbocycles. The second-order valence-corrected chi connectivity index (χ2v) is 4.30. The van der Waals surface area contributed by atoms with Gasteiger partial charge < -0.3 is 9.19 Å². The molecule has 0 atom stereocenters. The number of hydrogen-bond donors (Lipinski definition) is 0. The summed E-state index contributed by atoms with van der Waals surface area (Å²) >= 11 is 0. The molecule has 0 amide bonds. The van der Waals surface area contributed by atoms with E-state index in [1.54, 1.807) is 0 Å². The van der Waals surface area contributed by atoms with Crippen LogP contribution < -0.4 is 51.4 Å². The summed E-state index contributed by atoms with van der Waals surface area (Å²) in [4.78, 5) is 0. The van der Waals surface area contributed by atoms with Crippen LogP contribution >= 0.6 is 0 Å². The first-order chi connectivity index (χ1) is 7.06. The van der Waals surface area contributed by atoms with Crippen LogP contribution in [0.25, 0.3) is 0 Å². The molecule has 2 aromatic rings. The summed E-state index contributed by atoms with van der Waals surface area (Å²) < 4.78 is 4.18. The van der Waals surface area contributed by atoms with Gasteiger partial charge in [-0.05, 0) is 51.2 Å². The molecule has 0 aliphatic heterocycles. The van der Waals surface area contributed by atoms with Crippen molar-refractivity contribution in [3.05, 3.63) is 34.9 Å². The Kier molecular flexibility index (Phi) is 5.00. The molecule has 0 N–H and O–H groups in total. The number of aryl methyl sites for hydroxylation is 4. The first-order valence-corrected chi connectivity index (χ1v) is 5.34. The minimum Gasteiger partial charge on any atom is -0.426 e. The predicted octanol–water partition coefficient (Wildman–Crippen LogP) is -2.29. The van der Waals surface area contributed by atoms with Crippen molar-refractivity contribution in [2.45, 2.75) is 27.7 Å². The first-order valence-electron chi connectivity index (χ1n) is 5.34. The van der Waals surface area contributed by atoms with Gasteiger partial charge in [0, 0.05) is 0 Å². The molecule has 0 aliphatic rings. The molecule has 0 saturated heterocycles. The zero-order chi connectivity index (χ0) is 11.0. The fourth-order valence-electron chi connectivity index (χ4n) is 2.06. The van der Waals surface area contributed by atoms with Crippen LogP contribution in [-0.2, 0) is 0 Å². The Balaban J connectivity index is 0.00000128. The molecule has 0 unspecified atom stereocenters. The van der Waals surface area contributed by atoms with Crippen LogP contribution in [-0.4, -0.2) is 26.9 Å². The maximum atomic E-state index is 4.47. The fourth-order valence-corrected chi connectivity index (χ4v) is 2.06. The fraction of sp³-hybridized carbons (Fsp3) is 0.400. The van der Waals surface area contributed by atoms with Crippen LogP contribution in [0.15, 0.2) is 12.1 Å². The molecule has 0 radical (unpaired) electrons. The van der Waals surface area contributed by atoms with Crippen LogP contribution in [0.4, 0.5) is 0 Å². The summed E-state index contributed by atoms with van der Waals surface area (Å²) in [6.07, 6.45) is 0. The van der Waals surface area contributed by atoms with Crippen LogP contribution in [0.3, 0.4) is 0 Å². The smallest absolute Gasteiger partial charge is 0.426 e. The van der Waals surface area contributed by atoms with Crippen LogP contribution in [0.2, 0.25) is 0 Å². The van der Waals surface area contributed by atoms with E-state index in [9.17, 15) is 0 Å². The van der Waals surface area contributed by atoms with Gasteiger partial charge in [0.25, 0.3) is 0 Å². The van der Waals surface area contributed by atoms with Crippen molar-refractivity contribution in [3.63, 3.8) is 0 Å². The van der Waals surface area contributed by atoms with Crippen molar-refractivity contribution in [1.82, 2.24) is 19.4 Å². The van der Waals surface area contributed by atoms with Crippen molar-refractivity contribution in [1.29, 1.82) is 0 Å². The van der Waals surface area contributed by atoms with Crippen molar-refractivity contribution < 1.29 is 51.4 Å². The first kappa shape index (κ1) is 14.2. The molecule has 6 heteroatoms. The number of rotatable bonds is 2.